The molecule has 5 heteroatoms. The van der Waals surface area contributed by atoms with Crippen LogP contribution in [0.1, 0.15) is 46.9 Å². The smallest absolute Gasteiger partial charge is 0.145 e. The molecule has 2 atom stereocenters. The first kappa shape index (κ1) is 14.1. The minimum absolute atomic E-state index is 0.0871. The number of hydrogen-bond donors (Lipinski definition) is 2. The number of rotatable bonds is 2. The van der Waals surface area contributed by atoms with Crippen molar-refractivity contribution in [2.45, 2.75) is 52.5 Å². The summed E-state index contributed by atoms with van der Waals surface area (Å²) in [6.45, 7) is 11.9. The molecule has 3 N–H and O–H groups in total. The summed E-state index contributed by atoms with van der Waals surface area (Å²) in [6.07, 6.45) is 1.21. The highest BCUT2D eigenvalue weighted by Crippen LogP contribution is 2.30. The SMILES string of the molecule is CC1CC(C)N(c2cc(NN)nc(C(C)(C)C)n2)C1. The van der Waals surface area contributed by atoms with Gasteiger partial charge in [-0.2, -0.15) is 0 Å². The van der Waals surface area contributed by atoms with Gasteiger partial charge in [-0.1, -0.05) is 27.7 Å². The van der Waals surface area contributed by atoms with Crippen molar-refractivity contribution >= 4 is 11.6 Å². The Labute approximate surface area is 115 Å². The Morgan fingerprint density at radius 1 is 1.32 bits per heavy atom. The van der Waals surface area contributed by atoms with Gasteiger partial charge in [0.15, 0.2) is 0 Å². The van der Waals surface area contributed by atoms with Gasteiger partial charge in [0.2, 0.25) is 0 Å². The highest BCUT2D eigenvalue weighted by atomic mass is 15.3. The Hall–Kier alpha value is -1.36. The molecule has 0 aromatic carbocycles. The van der Waals surface area contributed by atoms with Crippen molar-refractivity contribution < 1.29 is 0 Å². The predicted molar refractivity (Wildman–Crippen MR) is 79.1 cm³/mol. The van der Waals surface area contributed by atoms with E-state index in [1.165, 1.54) is 6.42 Å². The largest absolute Gasteiger partial charge is 0.353 e. The topological polar surface area (TPSA) is 67.1 Å². The molecular formula is C14H25N5. The zero-order valence-corrected chi connectivity index (χ0v) is 12.6. The summed E-state index contributed by atoms with van der Waals surface area (Å²) in [4.78, 5) is 11.6. The lowest BCUT2D eigenvalue weighted by Crippen LogP contribution is -2.29. The third-order valence-electron chi connectivity index (χ3n) is 3.61. The summed E-state index contributed by atoms with van der Waals surface area (Å²) in [7, 11) is 0. The molecule has 1 aromatic rings. The molecule has 1 fully saturated rings. The second kappa shape index (κ2) is 4.96. The third-order valence-corrected chi connectivity index (χ3v) is 3.61. The van der Waals surface area contributed by atoms with Gasteiger partial charge in [0.1, 0.15) is 17.5 Å². The van der Waals surface area contributed by atoms with Crippen LogP contribution >= 0.6 is 0 Å². The van der Waals surface area contributed by atoms with Gasteiger partial charge in [-0.3, -0.25) is 0 Å². The lowest BCUT2D eigenvalue weighted by molar-refractivity contribution is 0.544. The summed E-state index contributed by atoms with van der Waals surface area (Å²) in [5, 5.41) is 0. The zero-order chi connectivity index (χ0) is 14.2. The van der Waals surface area contributed by atoms with E-state index in [4.69, 9.17) is 10.8 Å². The Morgan fingerprint density at radius 3 is 2.47 bits per heavy atom. The van der Waals surface area contributed by atoms with Crippen LogP contribution in [0.2, 0.25) is 0 Å². The first-order valence-electron chi connectivity index (χ1n) is 6.94. The van der Waals surface area contributed by atoms with Gasteiger partial charge in [0, 0.05) is 24.1 Å². The van der Waals surface area contributed by atoms with E-state index in [0.29, 0.717) is 17.8 Å². The van der Waals surface area contributed by atoms with Crippen LogP contribution in [-0.2, 0) is 5.41 Å². The molecule has 0 aliphatic carbocycles. The van der Waals surface area contributed by atoms with E-state index in [2.05, 4.69) is 49.9 Å². The van der Waals surface area contributed by atoms with Crippen LogP contribution in [0.5, 0.6) is 0 Å². The van der Waals surface area contributed by atoms with E-state index < -0.39 is 0 Å². The quantitative estimate of drug-likeness (QED) is 0.633. The van der Waals surface area contributed by atoms with Gasteiger partial charge in [-0.05, 0) is 19.3 Å². The summed E-state index contributed by atoms with van der Waals surface area (Å²) in [6, 6.07) is 2.45. The molecule has 5 nitrogen and oxygen atoms in total. The summed E-state index contributed by atoms with van der Waals surface area (Å²) in [5.74, 6) is 8.72. The van der Waals surface area contributed by atoms with E-state index in [0.717, 1.165) is 18.2 Å². The maximum absolute atomic E-state index is 5.53. The molecule has 106 valence electrons. The van der Waals surface area contributed by atoms with Crippen LogP contribution in [0.15, 0.2) is 6.07 Å². The fraction of sp³-hybridized carbons (Fsp3) is 0.714. The first-order chi connectivity index (χ1) is 8.81. The van der Waals surface area contributed by atoms with Gasteiger partial charge in [0.05, 0.1) is 0 Å². The highest BCUT2D eigenvalue weighted by Gasteiger charge is 2.29. The molecule has 1 aromatic heterocycles. The maximum Gasteiger partial charge on any atom is 0.145 e. The summed E-state index contributed by atoms with van der Waals surface area (Å²) >= 11 is 0. The molecule has 1 saturated heterocycles. The molecule has 0 radical (unpaired) electrons. The molecule has 2 heterocycles. The van der Waals surface area contributed by atoms with E-state index in [-0.39, 0.29) is 5.41 Å². The molecule has 0 saturated carbocycles. The maximum atomic E-state index is 5.53. The van der Waals surface area contributed by atoms with Crippen molar-refractivity contribution in [1.29, 1.82) is 0 Å². The van der Waals surface area contributed by atoms with E-state index in [1.54, 1.807) is 0 Å². The highest BCUT2D eigenvalue weighted by molar-refractivity contribution is 5.50. The van der Waals surface area contributed by atoms with E-state index in [9.17, 15) is 0 Å². The fourth-order valence-electron chi connectivity index (χ4n) is 2.61. The van der Waals surface area contributed by atoms with Crippen LogP contribution in [0.4, 0.5) is 11.6 Å². The van der Waals surface area contributed by atoms with Crippen molar-refractivity contribution in [3.8, 4) is 0 Å². The van der Waals surface area contributed by atoms with E-state index >= 15 is 0 Å². The standard InChI is InChI=1S/C14H25N5/c1-9-6-10(2)19(8-9)12-7-11(18-15)16-13(17-12)14(3,4)5/h7,9-10H,6,8,15H2,1-5H3,(H,16,17,18). The molecule has 2 unspecified atom stereocenters. The lowest BCUT2D eigenvalue weighted by atomic mass is 9.96. The fourth-order valence-corrected chi connectivity index (χ4v) is 2.61. The number of nitrogen functional groups attached to an aromatic ring is 1. The number of hydrogen-bond acceptors (Lipinski definition) is 5. The second-order valence-corrected chi connectivity index (χ2v) is 6.67. The van der Waals surface area contributed by atoms with Crippen LogP contribution in [0, 0.1) is 5.92 Å². The van der Waals surface area contributed by atoms with E-state index in [1.807, 2.05) is 6.07 Å². The number of anilines is 2. The van der Waals surface area contributed by atoms with Crippen LogP contribution in [-0.4, -0.2) is 22.6 Å². The lowest BCUT2D eigenvalue weighted by Gasteiger charge is -2.25. The number of nitrogens with zero attached hydrogens (tertiary/aromatic N) is 3. The Kier molecular flexibility index (Phi) is 3.67. The van der Waals surface area contributed by atoms with Crippen molar-refractivity contribution in [3.05, 3.63) is 11.9 Å². The second-order valence-electron chi connectivity index (χ2n) is 6.67. The third kappa shape index (κ3) is 2.97. The predicted octanol–water partition coefficient (Wildman–Crippen LogP) is 2.29. The molecule has 1 aliphatic heterocycles. The normalized spacial score (nSPS) is 23.8. The van der Waals surface area contributed by atoms with Crippen molar-refractivity contribution in [1.82, 2.24) is 9.97 Å². The number of hydrazine groups is 1. The zero-order valence-electron chi connectivity index (χ0n) is 12.6. The molecule has 0 bridgehead atoms. The Balaban J connectivity index is 2.40. The summed E-state index contributed by atoms with van der Waals surface area (Å²) in [5.41, 5.74) is 2.56. The number of aromatic nitrogens is 2. The van der Waals surface area contributed by atoms with Crippen molar-refractivity contribution in [3.63, 3.8) is 0 Å². The van der Waals surface area contributed by atoms with Crippen LogP contribution in [0.25, 0.3) is 0 Å². The molecule has 19 heavy (non-hydrogen) atoms. The number of nitrogens with two attached hydrogens (primary N) is 1. The van der Waals surface area contributed by atoms with Crippen LogP contribution < -0.4 is 16.2 Å². The molecule has 0 spiro atoms. The van der Waals surface area contributed by atoms with Gasteiger partial charge in [0.25, 0.3) is 0 Å². The molecule has 1 aliphatic rings. The Bertz CT molecular complexity index is 452. The minimum atomic E-state index is -0.0871. The summed E-state index contributed by atoms with van der Waals surface area (Å²) < 4.78 is 0. The van der Waals surface area contributed by atoms with Crippen LogP contribution in [0.3, 0.4) is 0 Å². The molecule has 0 amide bonds. The number of nitrogens with one attached hydrogen (secondary N) is 1. The average molecular weight is 263 g/mol. The molecular weight excluding hydrogens is 238 g/mol. The van der Waals surface area contributed by atoms with Gasteiger partial charge < -0.3 is 10.3 Å². The minimum Gasteiger partial charge on any atom is -0.353 e. The van der Waals surface area contributed by atoms with Crippen molar-refractivity contribution in [2.75, 3.05) is 16.9 Å². The van der Waals surface area contributed by atoms with Gasteiger partial charge in [-0.25, -0.2) is 15.8 Å². The average Bonchev–Trinajstić information content (AvgIpc) is 2.66. The van der Waals surface area contributed by atoms with Gasteiger partial charge in [-0.15, -0.1) is 0 Å². The van der Waals surface area contributed by atoms with Crippen molar-refractivity contribution in [2.24, 2.45) is 11.8 Å². The Morgan fingerprint density at radius 2 is 2.00 bits per heavy atom. The van der Waals surface area contributed by atoms with Gasteiger partial charge >= 0.3 is 0 Å². The first-order valence-corrected chi connectivity index (χ1v) is 6.94. The monoisotopic (exact) mass is 263 g/mol. The molecule has 2 rings (SSSR count).